The monoisotopic (exact) mass is 261 g/mol. The Balaban J connectivity index is 2.71. The summed E-state index contributed by atoms with van der Waals surface area (Å²) in [5.41, 5.74) is 1.16. The van der Waals surface area contributed by atoms with Crippen molar-refractivity contribution in [2.45, 2.75) is 5.38 Å². The number of alkyl halides is 1. The van der Waals surface area contributed by atoms with Gasteiger partial charge in [0.05, 0.1) is 5.38 Å². The van der Waals surface area contributed by atoms with Gasteiger partial charge in [-0.3, -0.25) is 0 Å². The molecule has 0 bridgehead atoms. The maximum Gasteiger partial charge on any atom is 0.0712 e. The van der Waals surface area contributed by atoms with Gasteiger partial charge < -0.3 is 4.90 Å². The molecule has 0 amide bonds. The average molecular weight is 263 g/mol. The summed E-state index contributed by atoms with van der Waals surface area (Å²) >= 11 is 9.64. The van der Waals surface area contributed by atoms with Crippen molar-refractivity contribution in [3.05, 3.63) is 34.3 Å². The van der Waals surface area contributed by atoms with E-state index in [0.717, 1.165) is 16.6 Å². The Morgan fingerprint density at radius 2 is 2.15 bits per heavy atom. The molecule has 1 aromatic carbocycles. The van der Waals surface area contributed by atoms with Gasteiger partial charge in [-0.05, 0) is 31.8 Å². The minimum absolute atomic E-state index is 0.0625. The summed E-state index contributed by atoms with van der Waals surface area (Å²) < 4.78 is 1.08. The summed E-state index contributed by atoms with van der Waals surface area (Å²) in [6.45, 7) is 0.859. The lowest BCUT2D eigenvalue weighted by atomic mass is 10.1. The molecule has 0 aromatic heterocycles. The highest BCUT2D eigenvalue weighted by molar-refractivity contribution is 9.10. The second kappa shape index (κ2) is 4.99. The van der Waals surface area contributed by atoms with Gasteiger partial charge in [-0.25, -0.2) is 0 Å². The number of hydrogen-bond donors (Lipinski definition) is 0. The minimum atomic E-state index is 0.0625. The molecule has 0 saturated carbocycles. The normalized spacial score (nSPS) is 13.3. The van der Waals surface area contributed by atoms with E-state index in [1.807, 2.05) is 32.3 Å². The van der Waals surface area contributed by atoms with Gasteiger partial charge in [0.25, 0.3) is 0 Å². The molecule has 0 aliphatic heterocycles. The van der Waals surface area contributed by atoms with Crippen LogP contribution in [0.15, 0.2) is 28.7 Å². The second-order valence-electron chi connectivity index (χ2n) is 3.28. The quantitative estimate of drug-likeness (QED) is 0.756. The lowest BCUT2D eigenvalue weighted by Crippen LogP contribution is -2.17. The van der Waals surface area contributed by atoms with Gasteiger partial charge in [0.15, 0.2) is 0 Å². The Morgan fingerprint density at radius 3 is 2.69 bits per heavy atom. The van der Waals surface area contributed by atoms with Crippen molar-refractivity contribution in [2.75, 3.05) is 20.6 Å². The highest BCUT2D eigenvalue weighted by Crippen LogP contribution is 2.23. The number of likely N-dealkylation sites (N-methyl/N-ethyl adjacent to an activating group) is 1. The number of rotatable bonds is 3. The smallest absolute Gasteiger partial charge is 0.0712 e. The maximum atomic E-state index is 6.21. The van der Waals surface area contributed by atoms with Crippen LogP contribution in [0.3, 0.4) is 0 Å². The standard InChI is InChI=1S/C10H13BrClN/c1-13(2)7-10(12)8-4-3-5-9(11)6-8/h3-6,10H,7H2,1-2H3. The van der Waals surface area contributed by atoms with Crippen LogP contribution < -0.4 is 0 Å². The zero-order valence-electron chi connectivity index (χ0n) is 7.80. The van der Waals surface area contributed by atoms with E-state index >= 15 is 0 Å². The molecule has 1 nitrogen and oxygen atoms in total. The van der Waals surface area contributed by atoms with E-state index in [1.165, 1.54) is 0 Å². The Hall–Kier alpha value is -0.0500. The van der Waals surface area contributed by atoms with Crippen LogP contribution >= 0.6 is 27.5 Å². The Labute approximate surface area is 92.8 Å². The molecule has 0 aliphatic carbocycles. The Morgan fingerprint density at radius 1 is 1.46 bits per heavy atom. The molecule has 0 saturated heterocycles. The van der Waals surface area contributed by atoms with Crippen LogP contribution in [0.5, 0.6) is 0 Å². The van der Waals surface area contributed by atoms with Crippen molar-refractivity contribution in [1.82, 2.24) is 4.90 Å². The highest BCUT2D eigenvalue weighted by atomic mass is 79.9. The summed E-state index contributed by atoms with van der Waals surface area (Å²) in [4.78, 5) is 2.08. The lowest BCUT2D eigenvalue weighted by molar-refractivity contribution is 0.408. The fraction of sp³-hybridized carbons (Fsp3) is 0.400. The molecule has 0 heterocycles. The highest BCUT2D eigenvalue weighted by Gasteiger charge is 2.08. The van der Waals surface area contributed by atoms with Crippen LogP contribution in [0.4, 0.5) is 0 Å². The number of hydrogen-bond acceptors (Lipinski definition) is 1. The first-order valence-corrected chi connectivity index (χ1v) is 5.37. The van der Waals surface area contributed by atoms with Crippen molar-refractivity contribution in [2.24, 2.45) is 0 Å². The van der Waals surface area contributed by atoms with Crippen molar-refractivity contribution in [1.29, 1.82) is 0 Å². The molecule has 1 atom stereocenters. The van der Waals surface area contributed by atoms with Gasteiger partial charge in [-0.1, -0.05) is 28.1 Å². The van der Waals surface area contributed by atoms with E-state index in [-0.39, 0.29) is 5.38 Å². The van der Waals surface area contributed by atoms with Crippen molar-refractivity contribution in [3.8, 4) is 0 Å². The van der Waals surface area contributed by atoms with E-state index in [2.05, 4.69) is 26.9 Å². The van der Waals surface area contributed by atoms with Crippen molar-refractivity contribution in [3.63, 3.8) is 0 Å². The fourth-order valence-electron chi connectivity index (χ4n) is 1.13. The van der Waals surface area contributed by atoms with Crippen LogP contribution in [0.1, 0.15) is 10.9 Å². The SMILES string of the molecule is CN(C)CC(Cl)c1cccc(Br)c1. The summed E-state index contributed by atoms with van der Waals surface area (Å²) in [5.74, 6) is 0. The topological polar surface area (TPSA) is 3.24 Å². The van der Waals surface area contributed by atoms with E-state index in [9.17, 15) is 0 Å². The first-order valence-electron chi connectivity index (χ1n) is 4.14. The number of benzene rings is 1. The van der Waals surface area contributed by atoms with Gasteiger partial charge in [0, 0.05) is 11.0 Å². The Kier molecular flexibility index (Phi) is 4.23. The molecule has 0 N–H and O–H groups in total. The summed E-state index contributed by atoms with van der Waals surface area (Å²) in [5, 5.41) is 0.0625. The average Bonchev–Trinajstić information content (AvgIpc) is 2.03. The predicted octanol–water partition coefficient (Wildman–Crippen LogP) is 3.29. The predicted molar refractivity (Wildman–Crippen MR) is 61.3 cm³/mol. The van der Waals surface area contributed by atoms with Crippen LogP contribution in [0.2, 0.25) is 0 Å². The van der Waals surface area contributed by atoms with Crippen LogP contribution in [0.25, 0.3) is 0 Å². The van der Waals surface area contributed by atoms with Gasteiger partial charge in [-0.2, -0.15) is 0 Å². The van der Waals surface area contributed by atoms with Gasteiger partial charge in [0.1, 0.15) is 0 Å². The van der Waals surface area contributed by atoms with Crippen LogP contribution in [0, 0.1) is 0 Å². The minimum Gasteiger partial charge on any atom is -0.308 e. The van der Waals surface area contributed by atoms with Gasteiger partial charge in [-0.15, -0.1) is 11.6 Å². The third kappa shape index (κ3) is 3.67. The lowest BCUT2D eigenvalue weighted by Gasteiger charge is -2.15. The molecule has 0 aliphatic rings. The van der Waals surface area contributed by atoms with Crippen LogP contribution in [-0.2, 0) is 0 Å². The molecule has 3 heteroatoms. The largest absolute Gasteiger partial charge is 0.308 e. The number of halogens is 2. The van der Waals surface area contributed by atoms with Crippen LogP contribution in [-0.4, -0.2) is 25.5 Å². The third-order valence-electron chi connectivity index (χ3n) is 1.74. The van der Waals surface area contributed by atoms with E-state index < -0.39 is 0 Å². The molecule has 0 spiro atoms. The molecule has 13 heavy (non-hydrogen) atoms. The zero-order valence-corrected chi connectivity index (χ0v) is 10.1. The van der Waals surface area contributed by atoms with Crippen molar-refractivity contribution >= 4 is 27.5 Å². The van der Waals surface area contributed by atoms with Crippen molar-refractivity contribution < 1.29 is 0 Å². The molecule has 0 radical (unpaired) electrons. The molecular formula is C10H13BrClN. The Bertz CT molecular complexity index is 275. The zero-order chi connectivity index (χ0) is 9.84. The van der Waals surface area contributed by atoms with E-state index in [0.29, 0.717) is 0 Å². The summed E-state index contributed by atoms with van der Waals surface area (Å²) in [6, 6.07) is 8.11. The molecule has 1 unspecified atom stereocenters. The molecule has 0 fully saturated rings. The second-order valence-corrected chi connectivity index (χ2v) is 4.73. The molecule has 72 valence electrons. The molecular weight excluding hydrogens is 249 g/mol. The van der Waals surface area contributed by atoms with Gasteiger partial charge in [0.2, 0.25) is 0 Å². The summed E-state index contributed by atoms with van der Waals surface area (Å²) in [7, 11) is 4.04. The molecule has 1 rings (SSSR count). The van der Waals surface area contributed by atoms with E-state index in [1.54, 1.807) is 0 Å². The van der Waals surface area contributed by atoms with Gasteiger partial charge >= 0.3 is 0 Å². The van der Waals surface area contributed by atoms with E-state index in [4.69, 9.17) is 11.6 Å². The first kappa shape index (κ1) is 11.0. The fourth-order valence-corrected chi connectivity index (χ4v) is 1.96. The molecule has 1 aromatic rings. The summed E-state index contributed by atoms with van der Waals surface area (Å²) in [6.07, 6.45) is 0. The number of nitrogens with zero attached hydrogens (tertiary/aromatic N) is 1. The maximum absolute atomic E-state index is 6.21. The first-order chi connectivity index (χ1) is 6.09. The third-order valence-corrected chi connectivity index (χ3v) is 2.62.